The molecular weight excluding hydrogens is 276 g/mol. The maximum atomic E-state index is 11.1. The van der Waals surface area contributed by atoms with Gasteiger partial charge in [-0.2, -0.15) is 0 Å². The Bertz CT molecular complexity index is 414. The van der Waals surface area contributed by atoms with Gasteiger partial charge in [0.1, 0.15) is 11.5 Å². The number of ketones is 1. The Morgan fingerprint density at radius 2 is 1.94 bits per heavy atom. The Kier molecular flexibility index (Phi) is 4.49. The molecule has 0 spiro atoms. The quantitative estimate of drug-likeness (QED) is 0.805. The molecule has 0 aliphatic carbocycles. The second kappa shape index (κ2) is 5.65. The average Bonchev–Trinajstić information content (AvgIpc) is 2.21. The molecule has 0 amide bonds. The molecule has 0 aliphatic rings. The van der Waals surface area contributed by atoms with E-state index < -0.39 is 5.97 Å². The molecule has 0 radical (unpaired) electrons. The first-order chi connectivity index (χ1) is 7.52. The van der Waals surface area contributed by atoms with Crippen LogP contribution < -0.4 is 0 Å². The molecule has 5 heteroatoms. The van der Waals surface area contributed by atoms with Crippen molar-refractivity contribution in [1.82, 2.24) is 0 Å². The summed E-state index contributed by atoms with van der Waals surface area (Å²) in [6, 6.07) is 4.61. The third-order valence-electron chi connectivity index (χ3n) is 2.04. The van der Waals surface area contributed by atoms with Crippen molar-refractivity contribution in [3.8, 4) is 5.75 Å². The lowest BCUT2D eigenvalue weighted by molar-refractivity contribution is -0.136. The van der Waals surface area contributed by atoms with Crippen LogP contribution in [0.25, 0.3) is 0 Å². The summed E-state index contributed by atoms with van der Waals surface area (Å²) in [6.07, 6.45) is 0.00463. The zero-order valence-corrected chi connectivity index (χ0v) is 10.0. The van der Waals surface area contributed by atoms with E-state index in [2.05, 4.69) is 15.9 Å². The summed E-state index contributed by atoms with van der Waals surface area (Å²) in [6.45, 7) is 0. The fraction of sp³-hybridized carbons (Fsp3) is 0.273. The van der Waals surface area contributed by atoms with Gasteiger partial charge in [-0.1, -0.05) is 28.1 Å². The number of carbonyl (C=O) groups excluding carboxylic acids is 1. The number of Topliss-reactive ketones (excluding diaryl/α,β-unsaturated/α-hetero) is 1. The van der Waals surface area contributed by atoms with Crippen LogP contribution in [0.1, 0.15) is 11.1 Å². The van der Waals surface area contributed by atoms with E-state index in [0.717, 1.165) is 0 Å². The SMILES string of the molecule is O=C(O)Cc1ccc(CC(=O)CBr)cc1O. The number of carboxylic acid groups (broad SMARTS) is 1. The molecule has 1 aromatic rings. The number of alkyl halides is 1. The van der Waals surface area contributed by atoms with Crippen LogP contribution in [0.2, 0.25) is 0 Å². The van der Waals surface area contributed by atoms with E-state index in [1.54, 1.807) is 6.07 Å². The molecular formula is C11H11BrO4. The standard InChI is InChI=1S/C11H11BrO4/c12-6-9(13)3-7-1-2-8(5-11(15)16)10(14)4-7/h1-2,4,14H,3,5-6H2,(H,15,16). The maximum absolute atomic E-state index is 11.1. The first-order valence-corrected chi connectivity index (χ1v) is 5.75. The van der Waals surface area contributed by atoms with Gasteiger partial charge < -0.3 is 10.2 Å². The fourth-order valence-corrected chi connectivity index (χ4v) is 1.50. The van der Waals surface area contributed by atoms with Crippen LogP contribution in [-0.2, 0) is 22.4 Å². The minimum Gasteiger partial charge on any atom is -0.508 e. The Labute approximate surface area is 101 Å². The molecule has 0 unspecified atom stereocenters. The van der Waals surface area contributed by atoms with Gasteiger partial charge in [-0.25, -0.2) is 0 Å². The molecule has 0 aromatic heterocycles. The number of phenols is 1. The zero-order valence-electron chi connectivity index (χ0n) is 8.44. The summed E-state index contributed by atoms with van der Waals surface area (Å²) in [7, 11) is 0. The number of aromatic hydroxyl groups is 1. The van der Waals surface area contributed by atoms with Crippen molar-refractivity contribution in [3.63, 3.8) is 0 Å². The van der Waals surface area contributed by atoms with Crippen LogP contribution in [-0.4, -0.2) is 27.3 Å². The summed E-state index contributed by atoms with van der Waals surface area (Å²) in [5, 5.41) is 18.4. The highest BCUT2D eigenvalue weighted by Gasteiger charge is 2.08. The largest absolute Gasteiger partial charge is 0.508 e. The molecule has 1 aromatic carbocycles. The number of benzene rings is 1. The molecule has 1 rings (SSSR count). The minimum absolute atomic E-state index is 0.00499. The van der Waals surface area contributed by atoms with Crippen LogP contribution in [0.3, 0.4) is 0 Å². The fourth-order valence-electron chi connectivity index (χ4n) is 1.31. The third kappa shape index (κ3) is 3.66. The zero-order chi connectivity index (χ0) is 12.1. The lowest BCUT2D eigenvalue weighted by Gasteiger charge is -2.04. The number of carboxylic acids is 1. The molecule has 0 saturated carbocycles. The average molecular weight is 287 g/mol. The van der Waals surface area contributed by atoms with Gasteiger partial charge in [0.15, 0.2) is 0 Å². The summed E-state index contributed by atoms with van der Waals surface area (Å²) >= 11 is 3.05. The normalized spacial score (nSPS) is 10.1. The number of phenolic OH excluding ortho intramolecular Hbond substituents is 1. The molecule has 16 heavy (non-hydrogen) atoms. The first kappa shape index (κ1) is 12.7. The summed E-state index contributed by atoms with van der Waals surface area (Å²) in [5.74, 6) is -1.08. The van der Waals surface area contributed by atoms with E-state index in [4.69, 9.17) is 5.11 Å². The topological polar surface area (TPSA) is 74.6 Å². The van der Waals surface area contributed by atoms with Crippen molar-refractivity contribution >= 4 is 27.7 Å². The molecule has 0 heterocycles. The van der Waals surface area contributed by atoms with Gasteiger partial charge in [-0.05, 0) is 11.6 Å². The highest BCUT2D eigenvalue weighted by atomic mass is 79.9. The number of halogens is 1. The molecule has 0 fully saturated rings. The van der Waals surface area contributed by atoms with E-state index in [1.165, 1.54) is 12.1 Å². The number of aliphatic carboxylic acids is 1. The van der Waals surface area contributed by atoms with Crippen molar-refractivity contribution in [3.05, 3.63) is 29.3 Å². The Balaban J connectivity index is 2.82. The second-order valence-electron chi connectivity index (χ2n) is 3.38. The van der Waals surface area contributed by atoms with Gasteiger partial charge in [0.2, 0.25) is 0 Å². The minimum atomic E-state index is -1.00. The van der Waals surface area contributed by atoms with E-state index in [9.17, 15) is 14.7 Å². The van der Waals surface area contributed by atoms with E-state index >= 15 is 0 Å². The van der Waals surface area contributed by atoms with Crippen LogP contribution in [0.15, 0.2) is 18.2 Å². The molecule has 86 valence electrons. The Morgan fingerprint density at radius 3 is 2.44 bits per heavy atom. The predicted molar refractivity (Wildman–Crippen MR) is 62.0 cm³/mol. The smallest absolute Gasteiger partial charge is 0.307 e. The number of hydrogen-bond donors (Lipinski definition) is 2. The van der Waals surface area contributed by atoms with Gasteiger partial charge >= 0.3 is 5.97 Å². The highest BCUT2D eigenvalue weighted by molar-refractivity contribution is 9.09. The van der Waals surface area contributed by atoms with Crippen LogP contribution in [0.4, 0.5) is 0 Å². The predicted octanol–water partition coefficient (Wildman–Crippen LogP) is 1.53. The molecule has 0 atom stereocenters. The van der Waals surface area contributed by atoms with Gasteiger partial charge in [-0.15, -0.1) is 0 Å². The molecule has 2 N–H and O–H groups in total. The van der Waals surface area contributed by atoms with Crippen LogP contribution >= 0.6 is 15.9 Å². The van der Waals surface area contributed by atoms with Crippen molar-refractivity contribution in [2.45, 2.75) is 12.8 Å². The first-order valence-electron chi connectivity index (χ1n) is 4.63. The maximum Gasteiger partial charge on any atom is 0.307 e. The van der Waals surface area contributed by atoms with E-state index in [0.29, 0.717) is 11.1 Å². The van der Waals surface area contributed by atoms with Crippen LogP contribution in [0.5, 0.6) is 5.75 Å². The van der Waals surface area contributed by atoms with Crippen molar-refractivity contribution < 1.29 is 19.8 Å². The van der Waals surface area contributed by atoms with Gasteiger partial charge in [0.05, 0.1) is 11.8 Å². The summed E-state index contributed by atoms with van der Waals surface area (Å²) in [5.41, 5.74) is 1.03. The van der Waals surface area contributed by atoms with Gasteiger partial charge in [-0.3, -0.25) is 9.59 Å². The number of carbonyl (C=O) groups is 2. The van der Waals surface area contributed by atoms with E-state index in [-0.39, 0.29) is 29.7 Å². The third-order valence-corrected chi connectivity index (χ3v) is 2.67. The van der Waals surface area contributed by atoms with Crippen LogP contribution in [0, 0.1) is 0 Å². The van der Waals surface area contributed by atoms with E-state index in [1.807, 2.05) is 0 Å². The molecule has 0 aliphatic heterocycles. The molecule has 0 saturated heterocycles. The lowest BCUT2D eigenvalue weighted by atomic mass is 10.0. The molecule has 0 bridgehead atoms. The second-order valence-corrected chi connectivity index (χ2v) is 3.94. The van der Waals surface area contributed by atoms with Gasteiger partial charge in [0, 0.05) is 12.0 Å². The lowest BCUT2D eigenvalue weighted by Crippen LogP contribution is -2.04. The summed E-state index contributed by atoms with van der Waals surface area (Å²) in [4.78, 5) is 21.6. The highest BCUT2D eigenvalue weighted by Crippen LogP contribution is 2.20. The van der Waals surface area contributed by atoms with Crippen molar-refractivity contribution in [1.29, 1.82) is 0 Å². The number of rotatable bonds is 5. The van der Waals surface area contributed by atoms with Crippen molar-refractivity contribution in [2.24, 2.45) is 0 Å². The molecule has 4 nitrogen and oxygen atoms in total. The Hall–Kier alpha value is -1.36. The van der Waals surface area contributed by atoms with Crippen molar-refractivity contribution in [2.75, 3.05) is 5.33 Å². The Morgan fingerprint density at radius 1 is 1.25 bits per heavy atom. The number of hydrogen-bond acceptors (Lipinski definition) is 3. The van der Waals surface area contributed by atoms with Gasteiger partial charge in [0.25, 0.3) is 0 Å². The monoisotopic (exact) mass is 286 g/mol. The summed E-state index contributed by atoms with van der Waals surface area (Å²) < 4.78 is 0.